The van der Waals surface area contributed by atoms with E-state index in [-0.39, 0.29) is 0 Å². The lowest BCUT2D eigenvalue weighted by Crippen LogP contribution is -2.24. The second-order valence-electron chi connectivity index (χ2n) is 4.60. The monoisotopic (exact) mass is 234 g/mol. The molecule has 1 aliphatic rings. The summed E-state index contributed by atoms with van der Waals surface area (Å²) in [5, 5.41) is 15.8. The number of hydrogen-bond donors (Lipinski definition) is 3. The van der Waals surface area contributed by atoms with Crippen molar-refractivity contribution in [2.75, 3.05) is 19.7 Å². The summed E-state index contributed by atoms with van der Waals surface area (Å²) in [5.41, 5.74) is 2.84. The Hall–Kier alpha value is -0.900. The summed E-state index contributed by atoms with van der Waals surface area (Å²) in [5.74, 6) is 0. The van der Waals surface area contributed by atoms with Crippen LogP contribution in [0.5, 0.6) is 0 Å². The van der Waals surface area contributed by atoms with Crippen LogP contribution in [0.1, 0.15) is 36.4 Å². The van der Waals surface area contributed by atoms with Gasteiger partial charge in [0.25, 0.3) is 0 Å². The van der Waals surface area contributed by atoms with Gasteiger partial charge in [-0.15, -0.1) is 0 Å². The molecule has 1 aromatic rings. The summed E-state index contributed by atoms with van der Waals surface area (Å²) in [6.07, 6.45) is 3.07. The Morgan fingerprint density at radius 1 is 1.29 bits per heavy atom. The number of rotatable bonds is 5. The van der Waals surface area contributed by atoms with Crippen molar-refractivity contribution >= 4 is 0 Å². The van der Waals surface area contributed by atoms with Crippen molar-refractivity contribution in [3.8, 4) is 0 Å². The number of unbranched alkanes of at least 4 members (excludes halogenated alkanes) is 1. The molecule has 2 rings (SSSR count). The molecule has 3 N–H and O–H groups in total. The van der Waals surface area contributed by atoms with E-state index in [9.17, 15) is 0 Å². The van der Waals surface area contributed by atoms with E-state index < -0.39 is 0 Å². The summed E-state index contributed by atoms with van der Waals surface area (Å²) in [4.78, 5) is 0. The van der Waals surface area contributed by atoms with E-state index >= 15 is 0 Å². The molecule has 0 amide bonds. The summed E-state index contributed by atoms with van der Waals surface area (Å²) in [6.45, 7) is 3.32. The van der Waals surface area contributed by atoms with Crippen molar-refractivity contribution in [1.29, 1.82) is 0 Å². The molecule has 0 fully saturated rings. The van der Waals surface area contributed by atoms with Crippen molar-refractivity contribution in [2.45, 2.75) is 31.8 Å². The van der Waals surface area contributed by atoms with Gasteiger partial charge in [-0.3, -0.25) is 0 Å². The fraction of sp³-hybridized carbons (Fsp3) is 0.571. The van der Waals surface area contributed by atoms with E-state index in [4.69, 9.17) is 5.11 Å². The quantitative estimate of drug-likeness (QED) is 0.678. The van der Waals surface area contributed by atoms with Gasteiger partial charge < -0.3 is 15.7 Å². The SMILES string of the molecule is OCCCCNC1CCNCc2ccccc21. The number of aliphatic hydroxyl groups excluding tert-OH is 1. The third-order valence-corrected chi connectivity index (χ3v) is 3.33. The van der Waals surface area contributed by atoms with Crippen molar-refractivity contribution in [1.82, 2.24) is 10.6 Å². The summed E-state index contributed by atoms with van der Waals surface area (Å²) < 4.78 is 0. The molecule has 0 saturated heterocycles. The largest absolute Gasteiger partial charge is 0.396 e. The zero-order valence-corrected chi connectivity index (χ0v) is 10.3. The van der Waals surface area contributed by atoms with Crippen LogP contribution in [0.3, 0.4) is 0 Å². The molecule has 1 aromatic carbocycles. The molecule has 0 bridgehead atoms. The molecule has 1 atom stereocenters. The van der Waals surface area contributed by atoms with Crippen molar-refractivity contribution in [3.05, 3.63) is 35.4 Å². The second kappa shape index (κ2) is 6.74. The predicted octanol–water partition coefficient (Wildman–Crippen LogP) is 1.58. The van der Waals surface area contributed by atoms with Gasteiger partial charge in [-0.25, -0.2) is 0 Å². The van der Waals surface area contributed by atoms with Gasteiger partial charge in [0.05, 0.1) is 0 Å². The minimum absolute atomic E-state index is 0.296. The predicted molar refractivity (Wildman–Crippen MR) is 69.8 cm³/mol. The molecular weight excluding hydrogens is 212 g/mol. The van der Waals surface area contributed by atoms with E-state index in [1.807, 2.05) is 0 Å². The summed E-state index contributed by atoms with van der Waals surface area (Å²) in [7, 11) is 0. The van der Waals surface area contributed by atoms with Gasteiger partial charge in [-0.1, -0.05) is 24.3 Å². The molecular formula is C14H22N2O. The third-order valence-electron chi connectivity index (χ3n) is 3.33. The molecule has 0 radical (unpaired) electrons. The molecule has 17 heavy (non-hydrogen) atoms. The van der Waals surface area contributed by atoms with Crippen molar-refractivity contribution in [2.24, 2.45) is 0 Å². The Labute approximate surface area is 103 Å². The minimum Gasteiger partial charge on any atom is -0.396 e. The van der Waals surface area contributed by atoms with Gasteiger partial charge in [0, 0.05) is 19.2 Å². The highest BCUT2D eigenvalue weighted by atomic mass is 16.2. The molecule has 3 heteroatoms. The van der Waals surface area contributed by atoms with Crippen LogP contribution in [0.2, 0.25) is 0 Å². The van der Waals surface area contributed by atoms with Crippen LogP contribution < -0.4 is 10.6 Å². The number of benzene rings is 1. The van der Waals surface area contributed by atoms with Crippen LogP contribution in [-0.4, -0.2) is 24.8 Å². The first-order valence-electron chi connectivity index (χ1n) is 6.54. The third kappa shape index (κ3) is 3.53. The first-order chi connectivity index (χ1) is 8.42. The second-order valence-corrected chi connectivity index (χ2v) is 4.60. The molecule has 1 aliphatic heterocycles. The van der Waals surface area contributed by atoms with E-state index in [0.29, 0.717) is 12.6 Å². The van der Waals surface area contributed by atoms with E-state index in [1.165, 1.54) is 11.1 Å². The van der Waals surface area contributed by atoms with Gasteiger partial charge in [-0.2, -0.15) is 0 Å². The highest BCUT2D eigenvalue weighted by Crippen LogP contribution is 2.23. The Bertz CT molecular complexity index is 341. The van der Waals surface area contributed by atoms with E-state index in [1.54, 1.807) is 0 Å². The maximum Gasteiger partial charge on any atom is 0.0431 e. The smallest absolute Gasteiger partial charge is 0.0431 e. The molecule has 3 nitrogen and oxygen atoms in total. The lowest BCUT2D eigenvalue weighted by molar-refractivity contribution is 0.282. The normalized spacial score (nSPS) is 19.7. The van der Waals surface area contributed by atoms with Crippen LogP contribution in [0.4, 0.5) is 0 Å². The maximum absolute atomic E-state index is 8.77. The average molecular weight is 234 g/mol. The zero-order valence-electron chi connectivity index (χ0n) is 10.3. The highest BCUT2D eigenvalue weighted by Gasteiger charge is 2.16. The minimum atomic E-state index is 0.296. The Kier molecular flexibility index (Phi) is 4.98. The number of aliphatic hydroxyl groups is 1. The van der Waals surface area contributed by atoms with Crippen molar-refractivity contribution < 1.29 is 5.11 Å². The maximum atomic E-state index is 8.77. The lowest BCUT2D eigenvalue weighted by atomic mass is 9.99. The van der Waals surface area contributed by atoms with Gasteiger partial charge >= 0.3 is 0 Å². The van der Waals surface area contributed by atoms with Gasteiger partial charge in [0.2, 0.25) is 0 Å². The Balaban J connectivity index is 1.97. The van der Waals surface area contributed by atoms with Gasteiger partial charge in [-0.05, 0) is 43.5 Å². The average Bonchev–Trinajstić information content (AvgIpc) is 2.57. The highest BCUT2D eigenvalue weighted by molar-refractivity contribution is 5.30. The number of nitrogens with one attached hydrogen (secondary N) is 2. The van der Waals surface area contributed by atoms with E-state index in [0.717, 1.165) is 38.9 Å². The van der Waals surface area contributed by atoms with Crippen LogP contribution in [-0.2, 0) is 6.54 Å². The van der Waals surface area contributed by atoms with Crippen molar-refractivity contribution in [3.63, 3.8) is 0 Å². The molecule has 1 unspecified atom stereocenters. The topological polar surface area (TPSA) is 44.3 Å². The summed E-state index contributed by atoms with van der Waals surface area (Å²) in [6, 6.07) is 9.11. The first-order valence-corrected chi connectivity index (χ1v) is 6.54. The fourth-order valence-electron chi connectivity index (χ4n) is 2.39. The molecule has 94 valence electrons. The molecule has 0 aliphatic carbocycles. The van der Waals surface area contributed by atoms with Crippen LogP contribution >= 0.6 is 0 Å². The van der Waals surface area contributed by atoms with Crippen LogP contribution in [0, 0.1) is 0 Å². The first kappa shape index (κ1) is 12.6. The summed E-state index contributed by atoms with van der Waals surface area (Å²) >= 11 is 0. The van der Waals surface area contributed by atoms with Crippen LogP contribution in [0.25, 0.3) is 0 Å². The van der Waals surface area contributed by atoms with E-state index in [2.05, 4.69) is 34.9 Å². The zero-order chi connectivity index (χ0) is 11.9. The standard InChI is InChI=1S/C14H22N2O/c17-10-4-3-8-16-14-7-9-15-11-12-5-1-2-6-13(12)14/h1-2,5-6,14-17H,3-4,7-11H2. The molecule has 0 spiro atoms. The fourth-order valence-corrected chi connectivity index (χ4v) is 2.39. The Morgan fingerprint density at radius 2 is 2.18 bits per heavy atom. The van der Waals surface area contributed by atoms with Crippen LogP contribution in [0.15, 0.2) is 24.3 Å². The van der Waals surface area contributed by atoms with Gasteiger partial charge in [0.1, 0.15) is 0 Å². The molecule has 1 heterocycles. The molecule has 0 aromatic heterocycles. The molecule has 0 saturated carbocycles. The Morgan fingerprint density at radius 3 is 3.06 bits per heavy atom. The van der Waals surface area contributed by atoms with Gasteiger partial charge in [0.15, 0.2) is 0 Å². The lowest BCUT2D eigenvalue weighted by Gasteiger charge is -2.18. The number of fused-ring (bicyclic) bond motifs is 1. The number of hydrogen-bond acceptors (Lipinski definition) is 3.